The van der Waals surface area contributed by atoms with Crippen molar-refractivity contribution in [3.8, 4) is 5.75 Å². The molecule has 0 atom stereocenters. The van der Waals surface area contributed by atoms with Crippen molar-refractivity contribution in [3.63, 3.8) is 0 Å². The molecule has 0 radical (unpaired) electrons. The van der Waals surface area contributed by atoms with Gasteiger partial charge in [0.1, 0.15) is 5.75 Å². The largest absolute Gasteiger partial charge is 0.496 e. The summed E-state index contributed by atoms with van der Waals surface area (Å²) in [7, 11) is 1.67. The van der Waals surface area contributed by atoms with Crippen molar-refractivity contribution < 1.29 is 14.9 Å². The van der Waals surface area contributed by atoms with Gasteiger partial charge in [-0.3, -0.25) is 0 Å². The Labute approximate surface area is 109 Å². The van der Waals surface area contributed by atoms with Gasteiger partial charge in [-0.25, -0.2) is 0 Å². The fourth-order valence-electron chi connectivity index (χ4n) is 2.00. The van der Waals surface area contributed by atoms with E-state index < -0.39 is 5.41 Å². The molecule has 0 bridgehead atoms. The molecule has 18 heavy (non-hydrogen) atoms. The fourth-order valence-corrected chi connectivity index (χ4v) is 2.00. The summed E-state index contributed by atoms with van der Waals surface area (Å²) in [6.07, 6.45) is 0.656. The van der Waals surface area contributed by atoms with E-state index in [0.29, 0.717) is 12.3 Å². The van der Waals surface area contributed by atoms with Crippen molar-refractivity contribution in [2.75, 3.05) is 20.3 Å². The van der Waals surface area contributed by atoms with Gasteiger partial charge in [0.15, 0.2) is 0 Å². The van der Waals surface area contributed by atoms with E-state index in [1.54, 1.807) is 7.11 Å². The van der Waals surface area contributed by atoms with Gasteiger partial charge in [0, 0.05) is 5.41 Å². The van der Waals surface area contributed by atoms with Crippen molar-refractivity contribution >= 4 is 0 Å². The first-order valence-corrected chi connectivity index (χ1v) is 6.34. The van der Waals surface area contributed by atoms with Crippen LogP contribution in [0.2, 0.25) is 0 Å². The summed E-state index contributed by atoms with van der Waals surface area (Å²) in [5.74, 6) is 1.28. The van der Waals surface area contributed by atoms with Crippen LogP contribution in [0, 0.1) is 5.41 Å². The molecule has 0 unspecified atom stereocenters. The number of ether oxygens (including phenoxy) is 1. The van der Waals surface area contributed by atoms with Gasteiger partial charge >= 0.3 is 0 Å². The summed E-state index contributed by atoms with van der Waals surface area (Å²) >= 11 is 0. The molecule has 0 aliphatic rings. The predicted octanol–water partition coefficient (Wildman–Crippen LogP) is 2.35. The zero-order valence-corrected chi connectivity index (χ0v) is 11.7. The van der Waals surface area contributed by atoms with Crippen molar-refractivity contribution in [3.05, 3.63) is 29.3 Å². The van der Waals surface area contributed by atoms with E-state index in [0.717, 1.165) is 16.9 Å². The van der Waals surface area contributed by atoms with Gasteiger partial charge in [-0.2, -0.15) is 0 Å². The molecule has 0 aromatic heterocycles. The summed E-state index contributed by atoms with van der Waals surface area (Å²) < 4.78 is 5.35. The first-order chi connectivity index (χ1) is 8.45. The molecule has 3 heteroatoms. The lowest BCUT2D eigenvalue weighted by atomic mass is 9.84. The van der Waals surface area contributed by atoms with Gasteiger partial charge in [-0.15, -0.1) is 0 Å². The van der Waals surface area contributed by atoms with E-state index in [2.05, 4.69) is 19.9 Å². The number of hydrogen-bond acceptors (Lipinski definition) is 3. The van der Waals surface area contributed by atoms with Crippen LogP contribution in [0.1, 0.15) is 37.8 Å². The Hall–Kier alpha value is -1.06. The summed E-state index contributed by atoms with van der Waals surface area (Å²) in [4.78, 5) is 0. The van der Waals surface area contributed by atoms with Crippen LogP contribution < -0.4 is 4.74 Å². The highest BCUT2D eigenvalue weighted by Gasteiger charge is 2.23. The van der Waals surface area contributed by atoms with Gasteiger partial charge in [0.25, 0.3) is 0 Å². The molecule has 0 heterocycles. The molecule has 0 aliphatic carbocycles. The maximum Gasteiger partial charge on any atom is 0.122 e. The van der Waals surface area contributed by atoms with Crippen LogP contribution in [0.3, 0.4) is 0 Å². The Kier molecular flexibility index (Phi) is 5.17. The van der Waals surface area contributed by atoms with Crippen molar-refractivity contribution in [2.45, 2.75) is 33.1 Å². The zero-order chi connectivity index (χ0) is 13.8. The molecule has 1 aromatic carbocycles. The van der Waals surface area contributed by atoms with Gasteiger partial charge in [-0.1, -0.05) is 32.9 Å². The molecular formula is C15H24O3. The van der Waals surface area contributed by atoms with Crippen molar-refractivity contribution in [2.24, 2.45) is 5.41 Å². The average Bonchev–Trinajstić information content (AvgIpc) is 2.38. The molecule has 0 aliphatic heterocycles. The van der Waals surface area contributed by atoms with Gasteiger partial charge in [-0.05, 0) is 29.5 Å². The van der Waals surface area contributed by atoms with Crippen LogP contribution in [-0.4, -0.2) is 30.5 Å². The van der Waals surface area contributed by atoms with Gasteiger partial charge in [0.05, 0.1) is 20.3 Å². The molecule has 0 saturated heterocycles. The fraction of sp³-hybridized carbons (Fsp3) is 0.600. The van der Waals surface area contributed by atoms with Gasteiger partial charge in [0.2, 0.25) is 0 Å². The topological polar surface area (TPSA) is 49.7 Å². The standard InChI is InChI=1S/C15H24O3/c1-11(2)13-7-12(5-6-14(13)18-4)8-15(3,9-16)10-17/h5-7,11,16-17H,8-10H2,1-4H3. The SMILES string of the molecule is COc1ccc(CC(C)(CO)CO)cc1C(C)C. The second-order valence-electron chi connectivity index (χ2n) is 5.53. The molecule has 3 nitrogen and oxygen atoms in total. The highest BCUT2D eigenvalue weighted by atomic mass is 16.5. The highest BCUT2D eigenvalue weighted by Crippen LogP contribution is 2.30. The number of methoxy groups -OCH3 is 1. The molecule has 102 valence electrons. The molecule has 1 rings (SSSR count). The summed E-state index contributed by atoms with van der Waals surface area (Å²) in [6, 6.07) is 6.06. The summed E-state index contributed by atoms with van der Waals surface area (Å²) in [6.45, 7) is 6.09. The third-order valence-electron chi connectivity index (χ3n) is 3.31. The highest BCUT2D eigenvalue weighted by molar-refractivity contribution is 5.39. The lowest BCUT2D eigenvalue weighted by molar-refractivity contribution is 0.0703. The Morgan fingerprint density at radius 1 is 1.22 bits per heavy atom. The Balaban J connectivity index is 3.01. The smallest absolute Gasteiger partial charge is 0.122 e. The quantitative estimate of drug-likeness (QED) is 0.817. The van der Waals surface area contributed by atoms with Crippen molar-refractivity contribution in [1.82, 2.24) is 0 Å². The van der Waals surface area contributed by atoms with Gasteiger partial charge < -0.3 is 14.9 Å². The van der Waals surface area contributed by atoms with E-state index in [9.17, 15) is 10.2 Å². The van der Waals surface area contributed by atoms with Crippen LogP contribution in [0.25, 0.3) is 0 Å². The molecule has 0 spiro atoms. The lowest BCUT2D eigenvalue weighted by Gasteiger charge is -2.25. The minimum atomic E-state index is -0.469. The summed E-state index contributed by atoms with van der Waals surface area (Å²) in [5.41, 5.74) is 1.81. The molecule has 0 amide bonds. The van der Waals surface area contributed by atoms with Crippen LogP contribution in [0.5, 0.6) is 5.75 Å². The van der Waals surface area contributed by atoms with E-state index in [4.69, 9.17) is 4.74 Å². The molecule has 1 aromatic rings. The first-order valence-electron chi connectivity index (χ1n) is 6.34. The third-order valence-corrected chi connectivity index (χ3v) is 3.31. The number of rotatable bonds is 6. The number of aliphatic hydroxyl groups is 2. The minimum absolute atomic E-state index is 0.0213. The number of benzene rings is 1. The summed E-state index contributed by atoms with van der Waals surface area (Å²) in [5, 5.41) is 18.7. The molecule has 0 saturated carbocycles. The predicted molar refractivity (Wildman–Crippen MR) is 73.1 cm³/mol. The lowest BCUT2D eigenvalue weighted by Crippen LogP contribution is -2.28. The van der Waals surface area contributed by atoms with Crippen molar-refractivity contribution in [1.29, 1.82) is 0 Å². The van der Waals surface area contributed by atoms with E-state index >= 15 is 0 Å². The normalized spacial score (nSPS) is 11.9. The molecule has 0 fully saturated rings. The Bertz CT molecular complexity index is 381. The second kappa shape index (κ2) is 6.21. The molecular weight excluding hydrogens is 228 g/mol. The monoisotopic (exact) mass is 252 g/mol. The van der Waals surface area contributed by atoms with Crippen LogP contribution in [-0.2, 0) is 6.42 Å². The zero-order valence-electron chi connectivity index (χ0n) is 11.7. The Morgan fingerprint density at radius 2 is 1.83 bits per heavy atom. The average molecular weight is 252 g/mol. The third kappa shape index (κ3) is 3.47. The van der Waals surface area contributed by atoms with E-state index in [1.807, 2.05) is 19.1 Å². The second-order valence-corrected chi connectivity index (χ2v) is 5.53. The van der Waals surface area contributed by atoms with E-state index in [1.165, 1.54) is 0 Å². The van der Waals surface area contributed by atoms with E-state index in [-0.39, 0.29) is 13.2 Å². The number of hydrogen-bond donors (Lipinski definition) is 2. The maximum atomic E-state index is 9.34. The van der Waals surface area contributed by atoms with Crippen LogP contribution >= 0.6 is 0 Å². The molecule has 2 N–H and O–H groups in total. The first kappa shape index (κ1) is 15.0. The maximum absolute atomic E-state index is 9.34. The Morgan fingerprint density at radius 3 is 2.28 bits per heavy atom. The minimum Gasteiger partial charge on any atom is -0.496 e. The van der Waals surface area contributed by atoms with Crippen LogP contribution in [0.15, 0.2) is 18.2 Å². The van der Waals surface area contributed by atoms with Crippen LogP contribution in [0.4, 0.5) is 0 Å². The number of aliphatic hydroxyl groups excluding tert-OH is 2.